The molecule has 0 saturated heterocycles. The van der Waals surface area contributed by atoms with Crippen LogP contribution in [0.3, 0.4) is 0 Å². The smallest absolute Gasteiger partial charge is 0.208 e. The average molecular weight is 368 g/mol. The molecule has 4 N–H and O–H groups in total. The van der Waals surface area contributed by atoms with Gasteiger partial charge in [-0.1, -0.05) is 84.9 Å². The highest BCUT2D eigenvalue weighted by atomic mass is 16.1. The summed E-state index contributed by atoms with van der Waals surface area (Å²) >= 11 is 0. The molecular weight excluding hydrogens is 348 g/mol. The van der Waals surface area contributed by atoms with Crippen LogP contribution in [0.4, 0.5) is 0 Å². The van der Waals surface area contributed by atoms with E-state index >= 15 is 0 Å². The first kappa shape index (κ1) is 18.9. The van der Waals surface area contributed by atoms with E-state index in [2.05, 4.69) is 0 Å². The van der Waals surface area contributed by atoms with E-state index in [1.807, 2.05) is 36.4 Å². The van der Waals surface area contributed by atoms with E-state index in [0.717, 1.165) is 0 Å². The molecule has 0 atom stereocenters. The molecule has 4 heteroatoms. The molecule has 0 unspecified atom stereocenters. The second-order valence-electron chi connectivity index (χ2n) is 6.22. The van der Waals surface area contributed by atoms with Gasteiger partial charge < -0.3 is 11.5 Å². The van der Waals surface area contributed by atoms with Crippen LogP contribution in [0.5, 0.6) is 0 Å². The molecule has 3 rings (SSSR count). The van der Waals surface area contributed by atoms with Crippen LogP contribution in [0.1, 0.15) is 31.8 Å². The van der Waals surface area contributed by atoms with Crippen molar-refractivity contribution in [3.63, 3.8) is 0 Å². The van der Waals surface area contributed by atoms with Gasteiger partial charge in [0.2, 0.25) is 11.6 Å². The highest BCUT2D eigenvalue weighted by Crippen LogP contribution is 2.17. The molecular formula is C24H20N2O2. The Bertz CT molecular complexity index is 966. The third-order valence-electron chi connectivity index (χ3n) is 4.21. The van der Waals surface area contributed by atoms with E-state index in [-0.39, 0.29) is 23.0 Å². The van der Waals surface area contributed by atoms with Crippen LogP contribution in [0.15, 0.2) is 96.3 Å². The largest absolute Gasteiger partial charge is 0.396 e. The minimum atomic E-state index is -0.257. The summed E-state index contributed by atoms with van der Waals surface area (Å²) in [5.74, 6) is -0.513. The standard InChI is InChI=1S/C24H20N2O2/c25-21(23(27)17-9-3-1-4-10-17)15-19-13-7-8-14-20(19)16-22(26)24(28)18-11-5-2-6-12-18/h1-16H,25-26H2. The first-order valence-corrected chi connectivity index (χ1v) is 8.79. The predicted octanol–water partition coefficient (Wildman–Crippen LogP) is 4.05. The number of benzene rings is 3. The lowest BCUT2D eigenvalue weighted by Crippen LogP contribution is -2.12. The van der Waals surface area contributed by atoms with Crippen LogP contribution in [0, 0.1) is 0 Å². The predicted molar refractivity (Wildman–Crippen MR) is 112 cm³/mol. The van der Waals surface area contributed by atoms with Crippen molar-refractivity contribution >= 4 is 23.7 Å². The summed E-state index contributed by atoms with van der Waals surface area (Å²) in [5, 5.41) is 0. The van der Waals surface area contributed by atoms with Crippen LogP contribution >= 0.6 is 0 Å². The summed E-state index contributed by atoms with van der Waals surface area (Å²) in [4.78, 5) is 25.0. The maximum absolute atomic E-state index is 12.5. The van der Waals surface area contributed by atoms with Crippen LogP contribution < -0.4 is 11.5 Å². The molecule has 0 aliphatic carbocycles. The summed E-state index contributed by atoms with van der Waals surface area (Å²) in [6.07, 6.45) is 3.20. The Morgan fingerprint density at radius 3 is 1.21 bits per heavy atom. The van der Waals surface area contributed by atoms with Crippen molar-refractivity contribution in [2.75, 3.05) is 0 Å². The van der Waals surface area contributed by atoms with E-state index in [9.17, 15) is 9.59 Å². The third-order valence-corrected chi connectivity index (χ3v) is 4.21. The molecule has 4 nitrogen and oxygen atoms in total. The van der Waals surface area contributed by atoms with Crippen molar-refractivity contribution in [2.45, 2.75) is 0 Å². The molecule has 0 aliphatic rings. The summed E-state index contributed by atoms with van der Waals surface area (Å²) in [5.41, 5.74) is 14.7. The van der Waals surface area contributed by atoms with Gasteiger partial charge in [0.15, 0.2) is 0 Å². The van der Waals surface area contributed by atoms with E-state index < -0.39 is 0 Å². The van der Waals surface area contributed by atoms with Crippen molar-refractivity contribution in [3.05, 3.63) is 119 Å². The Morgan fingerprint density at radius 2 is 0.857 bits per heavy atom. The highest BCUT2D eigenvalue weighted by Gasteiger charge is 2.11. The quantitative estimate of drug-likeness (QED) is 0.508. The highest BCUT2D eigenvalue weighted by molar-refractivity contribution is 6.12. The summed E-state index contributed by atoms with van der Waals surface area (Å²) < 4.78 is 0. The molecule has 0 bridgehead atoms. The number of hydrogen-bond acceptors (Lipinski definition) is 4. The lowest BCUT2D eigenvalue weighted by molar-refractivity contribution is 0.102. The van der Waals surface area contributed by atoms with Gasteiger partial charge in [0.05, 0.1) is 11.4 Å². The molecule has 0 saturated carbocycles. The van der Waals surface area contributed by atoms with Gasteiger partial charge in [0, 0.05) is 11.1 Å². The third kappa shape index (κ3) is 4.43. The molecule has 138 valence electrons. The molecule has 0 heterocycles. The molecule has 0 fully saturated rings. The molecule has 0 aliphatic heterocycles. The zero-order valence-corrected chi connectivity index (χ0v) is 15.2. The SMILES string of the molecule is NC(=Cc1ccccc1C=C(N)C(=O)c1ccccc1)C(=O)c1ccccc1. The van der Waals surface area contributed by atoms with E-state index in [1.165, 1.54) is 0 Å². The van der Waals surface area contributed by atoms with Crippen LogP contribution in [0.25, 0.3) is 12.2 Å². The number of rotatable bonds is 6. The number of carbonyl (C=O) groups is 2. The minimum absolute atomic E-state index is 0.111. The first-order chi connectivity index (χ1) is 13.6. The van der Waals surface area contributed by atoms with E-state index in [0.29, 0.717) is 22.3 Å². The zero-order valence-electron chi connectivity index (χ0n) is 15.2. The minimum Gasteiger partial charge on any atom is -0.396 e. The fourth-order valence-electron chi connectivity index (χ4n) is 2.75. The second kappa shape index (κ2) is 8.64. The Balaban J connectivity index is 1.91. The first-order valence-electron chi connectivity index (χ1n) is 8.79. The van der Waals surface area contributed by atoms with Gasteiger partial charge in [-0.2, -0.15) is 0 Å². The molecule has 0 spiro atoms. The van der Waals surface area contributed by atoms with Gasteiger partial charge in [0.1, 0.15) is 0 Å². The van der Waals surface area contributed by atoms with Crippen molar-refractivity contribution in [2.24, 2.45) is 11.5 Å². The Labute approximate surface area is 163 Å². The number of carbonyl (C=O) groups excluding carboxylic acids is 2. The number of hydrogen-bond donors (Lipinski definition) is 2. The molecule has 0 aromatic heterocycles. The molecule has 3 aromatic rings. The van der Waals surface area contributed by atoms with Crippen LogP contribution in [-0.2, 0) is 0 Å². The van der Waals surface area contributed by atoms with Gasteiger partial charge in [-0.15, -0.1) is 0 Å². The number of nitrogens with two attached hydrogens (primary N) is 2. The lowest BCUT2D eigenvalue weighted by atomic mass is 10.0. The van der Waals surface area contributed by atoms with Crippen LogP contribution in [-0.4, -0.2) is 11.6 Å². The molecule has 3 aromatic carbocycles. The molecule has 0 amide bonds. The number of ketones is 2. The van der Waals surface area contributed by atoms with Crippen molar-refractivity contribution < 1.29 is 9.59 Å². The Kier molecular flexibility index (Phi) is 5.82. The Hall–Kier alpha value is -3.92. The average Bonchev–Trinajstić information content (AvgIpc) is 2.75. The summed E-state index contributed by atoms with van der Waals surface area (Å²) in [6, 6.07) is 25.0. The second-order valence-corrected chi connectivity index (χ2v) is 6.22. The molecule has 0 radical (unpaired) electrons. The van der Waals surface area contributed by atoms with Gasteiger partial charge in [-0.25, -0.2) is 0 Å². The van der Waals surface area contributed by atoms with Crippen molar-refractivity contribution in [1.29, 1.82) is 0 Å². The van der Waals surface area contributed by atoms with Crippen molar-refractivity contribution in [1.82, 2.24) is 0 Å². The maximum Gasteiger partial charge on any atom is 0.208 e. The van der Waals surface area contributed by atoms with Crippen LogP contribution in [0.2, 0.25) is 0 Å². The molecule has 28 heavy (non-hydrogen) atoms. The monoisotopic (exact) mass is 368 g/mol. The Morgan fingerprint density at radius 1 is 0.536 bits per heavy atom. The van der Waals surface area contributed by atoms with Gasteiger partial charge >= 0.3 is 0 Å². The fraction of sp³-hybridized carbons (Fsp3) is 0. The normalized spacial score (nSPS) is 11.9. The van der Waals surface area contributed by atoms with Gasteiger partial charge in [-0.3, -0.25) is 9.59 Å². The summed E-state index contributed by atoms with van der Waals surface area (Å²) in [6.45, 7) is 0. The maximum atomic E-state index is 12.5. The number of Topliss-reactive ketones (excluding diaryl/α,β-unsaturated/α-hetero) is 2. The topological polar surface area (TPSA) is 86.2 Å². The zero-order chi connectivity index (χ0) is 19.9. The van der Waals surface area contributed by atoms with E-state index in [4.69, 9.17) is 11.5 Å². The van der Waals surface area contributed by atoms with Gasteiger partial charge in [0.25, 0.3) is 0 Å². The van der Waals surface area contributed by atoms with Gasteiger partial charge in [-0.05, 0) is 23.3 Å². The number of allylic oxidation sites excluding steroid dienone is 2. The fourth-order valence-corrected chi connectivity index (χ4v) is 2.75. The summed E-state index contributed by atoms with van der Waals surface area (Å²) in [7, 11) is 0. The van der Waals surface area contributed by atoms with Crippen molar-refractivity contribution in [3.8, 4) is 0 Å². The van der Waals surface area contributed by atoms with E-state index in [1.54, 1.807) is 60.7 Å². The lowest BCUT2D eigenvalue weighted by Gasteiger charge is -2.06.